The molecule has 0 aromatic heterocycles. The van der Waals surface area contributed by atoms with Crippen LogP contribution in [0.5, 0.6) is 0 Å². The fourth-order valence-electron chi connectivity index (χ4n) is 2.61. The fourth-order valence-corrected chi connectivity index (χ4v) is 2.61. The third kappa shape index (κ3) is 1.37. The van der Waals surface area contributed by atoms with Gasteiger partial charge in [-0.05, 0) is 28.5 Å². The second kappa shape index (κ2) is 3.33. The summed E-state index contributed by atoms with van der Waals surface area (Å²) in [5, 5.41) is 5.74. The second-order valence-corrected chi connectivity index (χ2v) is 5.22. The predicted octanol–water partition coefficient (Wildman–Crippen LogP) is 3.11. The van der Waals surface area contributed by atoms with Gasteiger partial charge in [-0.2, -0.15) is 0 Å². The van der Waals surface area contributed by atoms with Gasteiger partial charge in [0.1, 0.15) is 6.29 Å². The van der Waals surface area contributed by atoms with Crippen molar-refractivity contribution in [2.75, 3.05) is 5.32 Å². The maximum absolute atomic E-state index is 11.1. The summed E-state index contributed by atoms with van der Waals surface area (Å²) in [6.45, 7) is 4.22. The number of carbonyl (C=O) groups excluding carboxylic acids is 1. The Balaban J connectivity index is 2.27. The number of aldehydes is 1. The summed E-state index contributed by atoms with van der Waals surface area (Å²) < 4.78 is 0. The van der Waals surface area contributed by atoms with Crippen LogP contribution in [0.25, 0.3) is 10.8 Å². The Morgan fingerprint density at radius 3 is 2.47 bits per heavy atom. The quantitative estimate of drug-likeness (QED) is 0.755. The van der Waals surface area contributed by atoms with Gasteiger partial charge in [-0.3, -0.25) is 0 Å². The molecule has 0 aliphatic carbocycles. The third-order valence-electron chi connectivity index (χ3n) is 3.80. The minimum atomic E-state index is -0.138. The van der Waals surface area contributed by atoms with Gasteiger partial charge in [0.2, 0.25) is 0 Å². The Morgan fingerprint density at radius 1 is 1.18 bits per heavy atom. The summed E-state index contributed by atoms with van der Waals surface area (Å²) in [5.41, 5.74) is 2.18. The molecule has 1 unspecified atom stereocenters. The molecule has 1 atom stereocenters. The van der Waals surface area contributed by atoms with Crippen LogP contribution in [0.1, 0.15) is 19.4 Å². The number of carbonyl (C=O) groups is 1. The molecule has 17 heavy (non-hydrogen) atoms. The molecular weight excluding hydrogens is 210 g/mol. The van der Waals surface area contributed by atoms with Crippen molar-refractivity contribution in [3.8, 4) is 0 Å². The molecule has 0 fully saturated rings. The number of hydrogen-bond donors (Lipinski definition) is 1. The van der Waals surface area contributed by atoms with Crippen LogP contribution in [0.15, 0.2) is 36.4 Å². The minimum absolute atomic E-state index is 0.130. The van der Waals surface area contributed by atoms with E-state index in [2.05, 4.69) is 43.4 Å². The van der Waals surface area contributed by atoms with E-state index in [0.29, 0.717) is 0 Å². The van der Waals surface area contributed by atoms with Crippen molar-refractivity contribution >= 4 is 22.7 Å². The highest BCUT2D eigenvalue weighted by Crippen LogP contribution is 2.41. The van der Waals surface area contributed by atoms with Crippen LogP contribution in [0.2, 0.25) is 0 Å². The van der Waals surface area contributed by atoms with Crippen LogP contribution in [0.3, 0.4) is 0 Å². The Morgan fingerprint density at radius 2 is 1.82 bits per heavy atom. The van der Waals surface area contributed by atoms with E-state index in [1.807, 2.05) is 12.1 Å². The number of anilines is 1. The molecule has 2 heteroatoms. The zero-order valence-electron chi connectivity index (χ0n) is 10.0. The van der Waals surface area contributed by atoms with Gasteiger partial charge in [0.15, 0.2) is 0 Å². The first-order chi connectivity index (χ1) is 8.13. The molecular formula is C15H15NO. The Hall–Kier alpha value is -1.83. The molecule has 0 saturated carbocycles. The predicted molar refractivity (Wildman–Crippen MR) is 70.4 cm³/mol. The maximum Gasteiger partial charge on any atom is 0.143 e. The van der Waals surface area contributed by atoms with E-state index >= 15 is 0 Å². The van der Waals surface area contributed by atoms with Crippen LogP contribution >= 0.6 is 0 Å². The topological polar surface area (TPSA) is 29.1 Å². The zero-order chi connectivity index (χ0) is 12.0. The van der Waals surface area contributed by atoms with Gasteiger partial charge < -0.3 is 10.1 Å². The summed E-state index contributed by atoms with van der Waals surface area (Å²) in [4.78, 5) is 11.1. The zero-order valence-corrected chi connectivity index (χ0v) is 10.0. The second-order valence-electron chi connectivity index (χ2n) is 5.22. The lowest BCUT2D eigenvalue weighted by atomic mass is 9.80. The maximum atomic E-state index is 11.1. The van der Waals surface area contributed by atoms with Crippen LogP contribution in [0, 0.1) is 0 Å². The molecule has 2 nitrogen and oxygen atoms in total. The highest BCUT2D eigenvalue weighted by molar-refractivity contribution is 5.90. The fraction of sp³-hybridized carbons (Fsp3) is 0.267. The van der Waals surface area contributed by atoms with Crippen molar-refractivity contribution in [1.29, 1.82) is 0 Å². The van der Waals surface area contributed by atoms with Crippen LogP contribution in [-0.2, 0) is 10.2 Å². The van der Waals surface area contributed by atoms with Crippen molar-refractivity contribution < 1.29 is 4.79 Å². The lowest BCUT2D eigenvalue weighted by molar-refractivity contribution is -0.109. The van der Waals surface area contributed by atoms with Crippen molar-refractivity contribution in [2.45, 2.75) is 25.3 Å². The summed E-state index contributed by atoms with van der Waals surface area (Å²) in [7, 11) is 0. The van der Waals surface area contributed by atoms with Gasteiger partial charge in [0.05, 0.1) is 6.04 Å². The molecule has 0 spiro atoms. The molecule has 1 aliphatic heterocycles. The van der Waals surface area contributed by atoms with E-state index in [1.54, 1.807) is 0 Å². The van der Waals surface area contributed by atoms with Gasteiger partial charge in [0.25, 0.3) is 0 Å². The molecule has 0 radical (unpaired) electrons. The third-order valence-corrected chi connectivity index (χ3v) is 3.80. The Kier molecular flexibility index (Phi) is 2.02. The summed E-state index contributed by atoms with van der Waals surface area (Å²) in [5.74, 6) is 0. The molecule has 2 aromatic carbocycles. The number of nitrogens with one attached hydrogen (secondary N) is 1. The van der Waals surface area contributed by atoms with E-state index in [4.69, 9.17) is 0 Å². The van der Waals surface area contributed by atoms with E-state index in [-0.39, 0.29) is 11.5 Å². The lowest BCUT2D eigenvalue weighted by Gasteiger charge is -2.22. The normalized spacial score (nSPS) is 20.9. The standard InChI is InChI=1S/C15H15NO/c1-15(2)12-7-10-5-3-4-6-11(10)8-13(12)16-14(15)9-17/h3-9,14,16H,1-2H3. The van der Waals surface area contributed by atoms with Gasteiger partial charge >= 0.3 is 0 Å². The van der Waals surface area contributed by atoms with E-state index in [9.17, 15) is 4.79 Å². The molecule has 1 aliphatic rings. The van der Waals surface area contributed by atoms with E-state index < -0.39 is 0 Å². The molecule has 1 N–H and O–H groups in total. The SMILES string of the molecule is CC1(C)c2cc3ccccc3cc2NC1C=O. The first-order valence-electron chi connectivity index (χ1n) is 5.88. The van der Waals surface area contributed by atoms with Crippen molar-refractivity contribution in [3.05, 3.63) is 42.0 Å². The molecule has 86 valence electrons. The van der Waals surface area contributed by atoms with Gasteiger partial charge in [-0.15, -0.1) is 0 Å². The number of hydrogen-bond acceptors (Lipinski definition) is 2. The van der Waals surface area contributed by atoms with E-state index in [1.165, 1.54) is 16.3 Å². The van der Waals surface area contributed by atoms with Crippen molar-refractivity contribution in [3.63, 3.8) is 0 Å². The Bertz CT molecular complexity index is 601. The molecule has 0 amide bonds. The summed E-state index contributed by atoms with van der Waals surface area (Å²) in [6, 6.07) is 12.5. The summed E-state index contributed by atoms with van der Waals surface area (Å²) >= 11 is 0. The number of fused-ring (bicyclic) bond motifs is 2. The smallest absolute Gasteiger partial charge is 0.143 e. The average molecular weight is 225 g/mol. The first-order valence-corrected chi connectivity index (χ1v) is 5.88. The van der Waals surface area contributed by atoms with Gasteiger partial charge in [-0.1, -0.05) is 38.1 Å². The van der Waals surface area contributed by atoms with Crippen LogP contribution in [-0.4, -0.2) is 12.3 Å². The monoisotopic (exact) mass is 225 g/mol. The van der Waals surface area contributed by atoms with Crippen LogP contribution in [0.4, 0.5) is 5.69 Å². The molecule has 2 aromatic rings. The van der Waals surface area contributed by atoms with Gasteiger partial charge in [-0.25, -0.2) is 0 Å². The van der Waals surface area contributed by atoms with Crippen molar-refractivity contribution in [1.82, 2.24) is 0 Å². The molecule has 1 heterocycles. The van der Waals surface area contributed by atoms with Crippen molar-refractivity contribution in [2.24, 2.45) is 0 Å². The highest BCUT2D eigenvalue weighted by atomic mass is 16.1. The summed E-state index contributed by atoms with van der Waals surface area (Å²) in [6.07, 6.45) is 1.00. The minimum Gasteiger partial charge on any atom is -0.375 e. The Labute approximate surface area is 101 Å². The molecule has 0 bridgehead atoms. The van der Waals surface area contributed by atoms with Gasteiger partial charge in [0, 0.05) is 11.1 Å². The molecule has 0 saturated heterocycles. The van der Waals surface area contributed by atoms with E-state index in [0.717, 1.165) is 12.0 Å². The largest absolute Gasteiger partial charge is 0.375 e. The first kappa shape index (κ1) is 10.3. The highest BCUT2D eigenvalue weighted by Gasteiger charge is 2.39. The molecule has 3 rings (SSSR count). The average Bonchev–Trinajstić information content (AvgIpc) is 2.58. The lowest BCUT2D eigenvalue weighted by Crippen LogP contribution is -2.34. The number of benzene rings is 2. The number of rotatable bonds is 1. The van der Waals surface area contributed by atoms with Crippen LogP contribution < -0.4 is 5.32 Å².